The van der Waals surface area contributed by atoms with Gasteiger partial charge in [-0.25, -0.2) is 0 Å². The van der Waals surface area contributed by atoms with Gasteiger partial charge < -0.3 is 9.11 Å². The summed E-state index contributed by atoms with van der Waals surface area (Å²) in [5, 5.41) is 0. The number of carbonyl (C=O) groups excluding carboxylic acids is 2. The van der Waals surface area contributed by atoms with E-state index in [1.54, 1.807) is 48.5 Å². The number of rotatable bonds is 0. The maximum Gasteiger partial charge on any atom is 1.00 e. The Labute approximate surface area is 215 Å². The van der Waals surface area contributed by atoms with Crippen LogP contribution in [0.3, 0.4) is 0 Å². The summed E-state index contributed by atoms with van der Waals surface area (Å²) in [4.78, 5) is 24.2. The van der Waals surface area contributed by atoms with Crippen molar-refractivity contribution in [3.05, 3.63) is 70.8 Å². The third kappa shape index (κ3) is 5.59. The Balaban J connectivity index is 0.000000665. The van der Waals surface area contributed by atoms with Crippen LogP contribution < -0.4 is 103 Å². The maximum atomic E-state index is 12.1. The summed E-state index contributed by atoms with van der Waals surface area (Å²) in [5.41, 5.74) is 2.02. The first-order valence-electron chi connectivity index (χ1n) is 5.56. The number of benzene rings is 2. The molecule has 22 heavy (non-hydrogen) atoms. The summed E-state index contributed by atoms with van der Waals surface area (Å²) in [6.07, 6.45) is 0. The van der Waals surface area contributed by atoms with Gasteiger partial charge in [0.1, 0.15) is 0 Å². The molecule has 1 aliphatic carbocycles. The minimum absolute atomic E-state index is 0. The van der Waals surface area contributed by atoms with Crippen molar-refractivity contribution in [2.75, 3.05) is 0 Å². The standard InChI is InChI=1S/C14H8O2.2K.H2O3S/c15-13-9-5-1-2-6-10(9)14(16)12-8-4-3-7-11(12)13;;;1-4(2)3/h1-8H;;;(H2,1,2,3)/q;2*+1;/p-2. The second-order valence-corrected chi connectivity index (χ2v) is 4.36. The topological polar surface area (TPSA) is 97.3 Å². The van der Waals surface area contributed by atoms with Crippen molar-refractivity contribution in [1.29, 1.82) is 0 Å². The van der Waals surface area contributed by atoms with Crippen LogP contribution in [0.15, 0.2) is 48.5 Å². The third-order valence-electron chi connectivity index (χ3n) is 2.83. The van der Waals surface area contributed by atoms with Crippen LogP contribution in [0.1, 0.15) is 31.8 Å². The monoisotopic (exact) mass is 366 g/mol. The van der Waals surface area contributed by atoms with Gasteiger partial charge in [0.15, 0.2) is 11.6 Å². The van der Waals surface area contributed by atoms with Crippen LogP contribution in [0.5, 0.6) is 0 Å². The molecule has 3 rings (SSSR count). The van der Waals surface area contributed by atoms with E-state index in [1.165, 1.54) is 0 Å². The van der Waals surface area contributed by atoms with E-state index < -0.39 is 11.4 Å². The van der Waals surface area contributed by atoms with Crippen LogP contribution in [-0.4, -0.2) is 24.9 Å². The van der Waals surface area contributed by atoms with E-state index in [9.17, 15) is 9.59 Å². The first kappa shape index (κ1) is 23.1. The molecule has 0 aromatic heterocycles. The molecular weight excluding hydrogens is 358 g/mol. The van der Waals surface area contributed by atoms with Gasteiger partial charge in [0.2, 0.25) is 0 Å². The van der Waals surface area contributed by atoms with E-state index in [4.69, 9.17) is 13.3 Å². The Morgan fingerprint density at radius 2 is 0.818 bits per heavy atom. The molecule has 0 bridgehead atoms. The molecule has 2 aromatic rings. The van der Waals surface area contributed by atoms with Crippen LogP contribution in [-0.2, 0) is 11.4 Å². The predicted molar refractivity (Wildman–Crippen MR) is 69.4 cm³/mol. The van der Waals surface area contributed by atoms with E-state index in [0.29, 0.717) is 22.3 Å². The summed E-state index contributed by atoms with van der Waals surface area (Å²) >= 11 is -3.11. The Kier molecular flexibility index (Phi) is 11.4. The summed E-state index contributed by atoms with van der Waals surface area (Å²) < 4.78 is 25.3. The minimum Gasteiger partial charge on any atom is -0.784 e. The Morgan fingerprint density at radius 1 is 0.636 bits per heavy atom. The van der Waals surface area contributed by atoms with Crippen molar-refractivity contribution in [2.45, 2.75) is 0 Å². The molecule has 0 saturated carbocycles. The molecule has 0 atom stereocenters. The zero-order valence-corrected chi connectivity index (χ0v) is 19.1. The summed E-state index contributed by atoms with van der Waals surface area (Å²) in [6.45, 7) is 0. The van der Waals surface area contributed by atoms with E-state index in [-0.39, 0.29) is 114 Å². The van der Waals surface area contributed by atoms with Crippen LogP contribution in [0.4, 0.5) is 0 Å². The van der Waals surface area contributed by atoms with E-state index in [2.05, 4.69) is 0 Å². The van der Waals surface area contributed by atoms with Gasteiger partial charge in [0.25, 0.3) is 0 Å². The van der Waals surface area contributed by atoms with Crippen molar-refractivity contribution in [3.8, 4) is 0 Å². The molecule has 0 saturated heterocycles. The molecule has 0 N–H and O–H groups in total. The van der Waals surface area contributed by atoms with Gasteiger partial charge in [-0.15, -0.1) is 11.4 Å². The van der Waals surface area contributed by atoms with Crippen LogP contribution in [0, 0.1) is 0 Å². The van der Waals surface area contributed by atoms with Gasteiger partial charge in [-0.05, 0) is 0 Å². The SMILES string of the molecule is O=C1c2ccccc2C(=O)c2ccccc21.O=S([O-])[O-].[K+].[K+]. The average molecular weight is 366 g/mol. The van der Waals surface area contributed by atoms with E-state index >= 15 is 0 Å². The predicted octanol–water partition coefficient (Wildman–Crippen LogP) is -4.53. The molecule has 0 fully saturated rings. The summed E-state index contributed by atoms with van der Waals surface area (Å²) in [7, 11) is 0. The van der Waals surface area contributed by atoms with Crippen molar-refractivity contribution in [2.24, 2.45) is 0 Å². The Bertz CT molecular complexity index is 608. The Hall–Kier alpha value is 1.12. The van der Waals surface area contributed by atoms with Crippen molar-refractivity contribution < 1.29 is 126 Å². The third-order valence-corrected chi connectivity index (χ3v) is 2.83. The quantitative estimate of drug-likeness (QED) is 0.295. The number of ketones is 2. The number of fused-ring (bicyclic) bond motifs is 2. The molecule has 8 heteroatoms. The molecule has 2 aromatic carbocycles. The zero-order valence-electron chi connectivity index (χ0n) is 12.1. The largest absolute Gasteiger partial charge is 1.00 e. The van der Waals surface area contributed by atoms with Crippen LogP contribution in [0.25, 0.3) is 0 Å². The van der Waals surface area contributed by atoms with Gasteiger partial charge in [-0.3, -0.25) is 13.8 Å². The van der Waals surface area contributed by atoms with Gasteiger partial charge in [-0.1, -0.05) is 48.5 Å². The fraction of sp³-hybridized carbons (Fsp3) is 0. The minimum atomic E-state index is -3.11. The summed E-state index contributed by atoms with van der Waals surface area (Å²) in [5.74, 6) is -0.128. The second kappa shape index (κ2) is 10.9. The summed E-state index contributed by atoms with van der Waals surface area (Å²) in [6, 6.07) is 13.9. The molecule has 0 aliphatic heterocycles. The van der Waals surface area contributed by atoms with E-state index in [1.807, 2.05) is 0 Å². The van der Waals surface area contributed by atoms with Gasteiger partial charge in [0.05, 0.1) is 0 Å². The Morgan fingerprint density at radius 3 is 1.00 bits per heavy atom. The molecule has 0 amide bonds. The molecule has 0 radical (unpaired) electrons. The average Bonchev–Trinajstić information content (AvgIpc) is 2.44. The van der Waals surface area contributed by atoms with Crippen LogP contribution in [0.2, 0.25) is 0 Å². The molecule has 102 valence electrons. The molecule has 0 unspecified atom stereocenters. The second-order valence-electron chi connectivity index (χ2n) is 3.95. The molecule has 5 nitrogen and oxygen atoms in total. The van der Waals surface area contributed by atoms with Crippen molar-refractivity contribution in [1.82, 2.24) is 0 Å². The first-order valence-corrected chi connectivity index (χ1v) is 6.56. The molecular formula is C14H8K2O5S. The number of hydrogen-bond donors (Lipinski definition) is 0. The molecule has 0 spiro atoms. The molecule has 0 heterocycles. The smallest absolute Gasteiger partial charge is 0.784 e. The van der Waals surface area contributed by atoms with Gasteiger partial charge in [0, 0.05) is 22.3 Å². The number of carbonyl (C=O) groups is 2. The first-order chi connectivity index (χ1) is 9.52. The van der Waals surface area contributed by atoms with Crippen molar-refractivity contribution >= 4 is 22.9 Å². The van der Waals surface area contributed by atoms with Crippen molar-refractivity contribution in [3.63, 3.8) is 0 Å². The van der Waals surface area contributed by atoms with E-state index in [0.717, 1.165) is 0 Å². The zero-order chi connectivity index (χ0) is 14.7. The van der Waals surface area contributed by atoms with Crippen LogP contribution >= 0.6 is 0 Å². The fourth-order valence-electron chi connectivity index (χ4n) is 2.05. The van der Waals surface area contributed by atoms with Gasteiger partial charge in [-0.2, -0.15) is 0 Å². The number of hydrogen-bond acceptors (Lipinski definition) is 5. The normalized spacial score (nSPS) is 11.2. The van der Waals surface area contributed by atoms with Gasteiger partial charge >= 0.3 is 103 Å². The fourth-order valence-corrected chi connectivity index (χ4v) is 2.05. The molecule has 1 aliphatic rings. The maximum absolute atomic E-state index is 12.1.